The first kappa shape index (κ1) is 17.7. The highest BCUT2D eigenvalue weighted by molar-refractivity contribution is 6.08. The Kier molecular flexibility index (Phi) is 6.57. The summed E-state index contributed by atoms with van der Waals surface area (Å²) in [6.07, 6.45) is 5.11. The fourth-order valence-corrected chi connectivity index (χ4v) is 1.99. The van der Waals surface area contributed by atoms with Crippen molar-refractivity contribution >= 4 is 17.4 Å². The number of likely N-dealkylation sites (N-methyl/N-ethyl adjacent to an activating group) is 1. The van der Waals surface area contributed by atoms with Gasteiger partial charge in [0.05, 0.1) is 0 Å². The lowest BCUT2D eigenvalue weighted by Crippen LogP contribution is -2.14. The van der Waals surface area contributed by atoms with Gasteiger partial charge in [-0.25, -0.2) is 0 Å². The Labute approximate surface area is 132 Å². The monoisotopic (exact) mass is 300 g/mol. The Morgan fingerprint density at radius 1 is 1.18 bits per heavy atom. The van der Waals surface area contributed by atoms with E-state index >= 15 is 0 Å². The molecule has 0 aliphatic heterocycles. The molecule has 1 unspecified atom stereocenters. The van der Waals surface area contributed by atoms with Gasteiger partial charge in [0.2, 0.25) is 5.91 Å². The van der Waals surface area contributed by atoms with E-state index in [0.29, 0.717) is 11.1 Å². The number of allylic oxidation sites excluding steroid dienone is 3. The summed E-state index contributed by atoms with van der Waals surface area (Å²) in [4.78, 5) is 25.5. The van der Waals surface area contributed by atoms with Crippen molar-refractivity contribution in [3.05, 3.63) is 53.6 Å². The molecule has 0 radical (unpaired) electrons. The van der Waals surface area contributed by atoms with Gasteiger partial charge in [-0.1, -0.05) is 19.1 Å². The second-order valence-electron chi connectivity index (χ2n) is 5.45. The molecule has 1 N–H and O–H groups in total. The van der Waals surface area contributed by atoms with E-state index in [2.05, 4.69) is 5.32 Å². The quantitative estimate of drug-likeness (QED) is 0.649. The number of rotatable bonds is 6. The molecule has 0 saturated heterocycles. The summed E-state index contributed by atoms with van der Waals surface area (Å²) < 4.78 is 0. The van der Waals surface area contributed by atoms with E-state index in [1.807, 2.05) is 56.3 Å². The number of amides is 1. The van der Waals surface area contributed by atoms with Crippen LogP contribution < -0.4 is 10.2 Å². The molecule has 0 saturated carbocycles. The molecule has 4 heteroatoms. The number of ketones is 1. The smallest absolute Gasteiger partial charge is 0.243 e. The highest BCUT2D eigenvalue weighted by Crippen LogP contribution is 2.16. The van der Waals surface area contributed by atoms with E-state index in [0.717, 1.165) is 5.69 Å². The van der Waals surface area contributed by atoms with E-state index in [1.54, 1.807) is 20.0 Å². The molecule has 0 aliphatic carbocycles. The minimum absolute atomic E-state index is 0.00509. The van der Waals surface area contributed by atoms with Crippen LogP contribution in [0.25, 0.3) is 0 Å². The van der Waals surface area contributed by atoms with Crippen LogP contribution in [-0.2, 0) is 4.79 Å². The molecule has 1 atom stereocenters. The summed E-state index contributed by atoms with van der Waals surface area (Å²) in [5.74, 6) is -0.128. The normalized spacial score (nSPS) is 13.0. The molecule has 0 fully saturated rings. The zero-order chi connectivity index (χ0) is 16.7. The number of anilines is 1. The summed E-state index contributed by atoms with van der Waals surface area (Å²) in [6.45, 7) is 3.73. The van der Waals surface area contributed by atoms with E-state index in [-0.39, 0.29) is 17.6 Å². The zero-order valence-electron chi connectivity index (χ0n) is 13.9. The van der Waals surface area contributed by atoms with Crippen molar-refractivity contribution in [2.75, 3.05) is 26.0 Å². The van der Waals surface area contributed by atoms with Crippen LogP contribution >= 0.6 is 0 Å². The lowest BCUT2D eigenvalue weighted by atomic mass is 10.00. The van der Waals surface area contributed by atoms with Crippen molar-refractivity contribution in [2.24, 2.45) is 5.92 Å². The number of carbonyl (C=O) groups excluding carboxylic acids is 2. The van der Waals surface area contributed by atoms with E-state index in [4.69, 9.17) is 0 Å². The van der Waals surface area contributed by atoms with Gasteiger partial charge in [0.25, 0.3) is 0 Å². The van der Waals surface area contributed by atoms with Gasteiger partial charge in [0.1, 0.15) is 0 Å². The molecule has 22 heavy (non-hydrogen) atoms. The van der Waals surface area contributed by atoms with Crippen molar-refractivity contribution in [1.29, 1.82) is 0 Å². The molecule has 4 nitrogen and oxygen atoms in total. The summed E-state index contributed by atoms with van der Waals surface area (Å²) in [7, 11) is 5.50. The summed E-state index contributed by atoms with van der Waals surface area (Å²) in [6, 6.07) is 7.52. The number of Topliss-reactive ketones (excluding diaryl/α,β-unsaturated/α-hetero) is 1. The van der Waals surface area contributed by atoms with E-state index in [1.165, 1.54) is 6.08 Å². The topological polar surface area (TPSA) is 49.4 Å². The van der Waals surface area contributed by atoms with Gasteiger partial charge in [-0.2, -0.15) is 0 Å². The molecule has 0 bridgehead atoms. The van der Waals surface area contributed by atoms with E-state index in [9.17, 15) is 9.59 Å². The van der Waals surface area contributed by atoms with Crippen LogP contribution in [0.1, 0.15) is 24.2 Å². The molecule has 0 spiro atoms. The van der Waals surface area contributed by atoms with Crippen LogP contribution in [0.3, 0.4) is 0 Å². The highest BCUT2D eigenvalue weighted by Gasteiger charge is 2.09. The minimum Gasteiger partial charge on any atom is -0.378 e. The number of nitrogens with zero attached hydrogens (tertiary/aromatic N) is 1. The third-order valence-corrected chi connectivity index (χ3v) is 3.31. The van der Waals surface area contributed by atoms with Gasteiger partial charge < -0.3 is 10.2 Å². The first-order chi connectivity index (χ1) is 10.3. The maximum Gasteiger partial charge on any atom is 0.243 e. The van der Waals surface area contributed by atoms with Crippen LogP contribution in [0.15, 0.2) is 48.1 Å². The highest BCUT2D eigenvalue weighted by atomic mass is 16.1. The van der Waals surface area contributed by atoms with Crippen molar-refractivity contribution in [2.45, 2.75) is 13.8 Å². The van der Waals surface area contributed by atoms with Gasteiger partial charge in [-0.15, -0.1) is 0 Å². The minimum atomic E-state index is -0.150. The Morgan fingerprint density at radius 2 is 1.77 bits per heavy atom. The first-order valence-corrected chi connectivity index (χ1v) is 7.25. The van der Waals surface area contributed by atoms with Gasteiger partial charge in [-0.3, -0.25) is 9.59 Å². The van der Waals surface area contributed by atoms with Gasteiger partial charge in [0, 0.05) is 32.4 Å². The second-order valence-corrected chi connectivity index (χ2v) is 5.45. The third-order valence-electron chi connectivity index (χ3n) is 3.31. The van der Waals surface area contributed by atoms with Gasteiger partial charge in [0.15, 0.2) is 5.78 Å². The summed E-state index contributed by atoms with van der Waals surface area (Å²) >= 11 is 0. The molecule has 1 rings (SSSR count). The maximum absolute atomic E-state index is 12.4. The summed E-state index contributed by atoms with van der Waals surface area (Å²) in [5, 5.41) is 2.52. The molecule has 1 aromatic rings. The third kappa shape index (κ3) is 5.20. The molecule has 118 valence electrons. The number of hydrogen-bond donors (Lipinski definition) is 1. The Balaban J connectivity index is 2.81. The maximum atomic E-state index is 12.4. The number of hydrogen-bond acceptors (Lipinski definition) is 3. The lowest BCUT2D eigenvalue weighted by molar-refractivity contribution is -0.116. The number of benzene rings is 1. The lowest BCUT2D eigenvalue weighted by Gasteiger charge is -2.12. The number of nitrogens with one attached hydrogen (secondary N) is 1. The van der Waals surface area contributed by atoms with Crippen LogP contribution in [0.5, 0.6) is 0 Å². The standard InChI is InChI=1S/C18H24N2O2/c1-13(6-11-17(21)19-3)12-14(2)18(22)15-7-9-16(10-8-15)20(4)5/h6-13H,1-5H3,(H,19,21)/b11-6+,14-12+. The summed E-state index contributed by atoms with van der Waals surface area (Å²) in [5.41, 5.74) is 2.40. The van der Waals surface area contributed by atoms with Gasteiger partial charge in [-0.05, 0) is 48.8 Å². The fourth-order valence-electron chi connectivity index (χ4n) is 1.99. The Morgan fingerprint density at radius 3 is 2.27 bits per heavy atom. The first-order valence-electron chi connectivity index (χ1n) is 7.25. The zero-order valence-corrected chi connectivity index (χ0v) is 13.9. The van der Waals surface area contributed by atoms with Crippen molar-refractivity contribution in [3.63, 3.8) is 0 Å². The van der Waals surface area contributed by atoms with Crippen LogP contribution in [-0.4, -0.2) is 32.8 Å². The molecule has 1 aromatic carbocycles. The molecule has 0 aromatic heterocycles. The van der Waals surface area contributed by atoms with Crippen molar-refractivity contribution in [1.82, 2.24) is 5.32 Å². The molecule has 0 aliphatic rings. The molecular formula is C18H24N2O2. The average Bonchev–Trinajstić information content (AvgIpc) is 2.51. The van der Waals surface area contributed by atoms with E-state index < -0.39 is 0 Å². The van der Waals surface area contributed by atoms with Crippen molar-refractivity contribution in [3.8, 4) is 0 Å². The largest absolute Gasteiger partial charge is 0.378 e. The average molecular weight is 300 g/mol. The predicted molar refractivity (Wildman–Crippen MR) is 91.2 cm³/mol. The van der Waals surface area contributed by atoms with Crippen molar-refractivity contribution < 1.29 is 9.59 Å². The van der Waals surface area contributed by atoms with Crippen LogP contribution in [0.2, 0.25) is 0 Å². The Hall–Kier alpha value is -2.36. The fraction of sp³-hybridized carbons (Fsp3) is 0.333. The molecule has 1 amide bonds. The molecular weight excluding hydrogens is 276 g/mol. The molecule has 0 heterocycles. The van der Waals surface area contributed by atoms with Crippen LogP contribution in [0.4, 0.5) is 5.69 Å². The van der Waals surface area contributed by atoms with Gasteiger partial charge >= 0.3 is 0 Å². The predicted octanol–water partition coefficient (Wildman–Crippen LogP) is 2.82. The number of carbonyl (C=O) groups is 2. The second kappa shape index (κ2) is 8.17. The SMILES string of the molecule is CNC(=O)/C=C/C(C)/C=C(\C)C(=O)c1ccc(N(C)C)cc1. The van der Waals surface area contributed by atoms with Crippen LogP contribution in [0, 0.1) is 5.92 Å². The Bertz CT molecular complexity index is 584.